The van der Waals surface area contributed by atoms with Gasteiger partial charge in [-0.3, -0.25) is 0 Å². The molecule has 0 fully saturated rings. The van der Waals surface area contributed by atoms with Gasteiger partial charge in [-0.1, -0.05) is 29.0 Å². The summed E-state index contributed by atoms with van der Waals surface area (Å²) in [5, 5.41) is 4.27. The number of hydrogen-bond acceptors (Lipinski definition) is 4. The van der Waals surface area contributed by atoms with Crippen LogP contribution < -0.4 is 10.2 Å². The number of nitrogens with zero attached hydrogens (tertiary/aromatic N) is 2. The molecule has 4 heteroatoms. The highest BCUT2D eigenvalue weighted by Gasteiger charge is 2.14. The number of nitrogens with one attached hydrogen (secondary N) is 1. The minimum absolute atomic E-state index is 0.884. The third kappa shape index (κ3) is 3.14. The van der Waals surface area contributed by atoms with Crippen molar-refractivity contribution < 1.29 is 0 Å². The number of aryl methyl sites for hydroxylation is 2. The van der Waals surface area contributed by atoms with Crippen molar-refractivity contribution in [2.75, 3.05) is 18.5 Å². The predicted molar refractivity (Wildman–Crippen MR) is 83.5 cm³/mol. The van der Waals surface area contributed by atoms with Gasteiger partial charge in [0.2, 0.25) is 0 Å². The number of aromatic nitrogens is 1. The van der Waals surface area contributed by atoms with Crippen LogP contribution in [0, 0.1) is 13.8 Å². The van der Waals surface area contributed by atoms with Gasteiger partial charge in [0.15, 0.2) is 5.13 Å². The lowest BCUT2D eigenvalue weighted by atomic mass is 10.2. The molecule has 0 aliphatic heterocycles. The SMILES string of the molecule is CCN(c1ccc(C)cc1)c1nc(C)c(CNC)s1. The highest BCUT2D eigenvalue weighted by molar-refractivity contribution is 7.15. The first-order valence-electron chi connectivity index (χ1n) is 6.60. The molecule has 0 radical (unpaired) electrons. The van der Waals surface area contributed by atoms with Crippen LogP contribution in [0.2, 0.25) is 0 Å². The number of hydrogen-bond donors (Lipinski definition) is 1. The van der Waals surface area contributed by atoms with Gasteiger partial charge in [0, 0.05) is 23.7 Å². The molecule has 2 aromatic rings. The summed E-state index contributed by atoms with van der Waals surface area (Å²) in [6.45, 7) is 8.16. The molecular formula is C15H21N3S. The van der Waals surface area contributed by atoms with Crippen molar-refractivity contribution in [3.05, 3.63) is 40.4 Å². The van der Waals surface area contributed by atoms with Crippen LogP contribution in [0.1, 0.15) is 23.1 Å². The first-order chi connectivity index (χ1) is 9.15. The fraction of sp³-hybridized carbons (Fsp3) is 0.400. The van der Waals surface area contributed by atoms with Gasteiger partial charge in [-0.2, -0.15) is 0 Å². The van der Waals surface area contributed by atoms with Crippen LogP contribution >= 0.6 is 11.3 Å². The van der Waals surface area contributed by atoms with Crippen LogP contribution in [0.25, 0.3) is 0 Å². The second kappa shape index (κ2) is 6.17. The van der Waals surface area contributed by atoms with Gasteiger partial charge in [-0.05, 0) is 40.0 Å². The molecule has 2 rings (SSSR count). The van der Waals surface area contributed by atoms with Crippen molar-refractivity contribution in [3.63, 3.8) is 0 Å². The van der Waals surface area contributed by atoms with Crippen molar-refractivity contribution in [1.82, 2.24) is 10.3 Å². The maximum atomic E-state index is 4.70. The summed E-state index contributed by atoms with van der Waals surface area (Å²) in [4.78, 5) is 8.27. The van der Waals surface area contributed by atoms with Gasteiger partial charge in [-0.15, -0.1) is 0 Å². The van der Waals surface area contributed by atoms with E-state index < -0.39 is 0 Å². The van der Waals surface area contributed by atoms with Crippen LogP contribution in [0.4, 0.5) is 10.8 Å². The van der Waals surface area contributed by atoms with Crippen LogP contribution in [-0.2, 0) is 6.54 Å². The molecule has 0 unspecified atom stereocenters. The third-order valence-electron chi connectivity index (χ3n) is 3.11. The Morgan fingerprint density at radius 1 is 1.21 bits per heavy atom. The molecule has 3 nitrogen and oxygen atoms in total. The zero-order chi connectivity index (χ0) is 13.8. The average molecular weight is 275 g/mol. The number of anilines is 2. The maximum Gasteiger partial charge on any atom is 0.190 e. The normalized spacial score (nSPS) is 10.7. The van der Waals surface area contributed by atoms with E-state index >= 15 is 0 Å². The Kier molecular flexibility index (Phi) is 4.56. The molecule has 0 amide bonds. The summed E-state index contributed by atoms with van der Waals surface area (Å²) in [5.41, 5.74) is 3.61. The topological polar surface area (TPSA) is 28.2 Å². The van der Waals surface area contributed by atoms with Crippen molar-refractivity contribution >= 4 is 22.2 Å². The number of thiazole rings is 1. The Morgan fingerprint density at radius 3 is 2.47 bits per heavy atom. The summed E-state index contributed by atoms with van der Waals surface area (Å²) in [7, 11) is 1.97. The second-order valence-electron chi connectivity index (χ2n) is 4.62. The van der Waals surface area contributed by atoms with E-state index in [9.17, 15) is 0 Å². The van der Waals surface area contributed by atoms with Gasteiger partial charge in [0.05, 0.1) is 5.69 Å². The fourth-order valence-electron chi connectivity index (χ4n) is 2.01. The lowest BCUT2D eigenvalue weighted by molar-refractivity contribution is 0.822. The zero-order valence-corrected chi connectivity index (χ0v) is 12.8. The van der Waals surface area contributed by atoms with E-state index in [-0.39, 0.29) is 0 Å². The molecule has 1 aromatic heterocycles. The van der Waals surface area contributed by atoms with E-state index in [2.05, 4.69) is 55.3 Å². The van der Waals surface area contributed by atoms with E-state index in [0.29, 0.717) is 0 Å². The zero-order valence-electron chi connectivity index (χ0n) is 12.0. The van der Waals surface area contributed by atoms with E-state index in [1.54, 1.807) is 11.3 Å². The maximum absolute atomic E-state index is 4.70. The number of rotatable bonds is 5. The molecule has 0 aliphatic carbocycles. The van der Waals surface area contributed by atoms with Gasteiger partial charge in [-0.25, -0.2) is 4.98 Å². The molecule has 1 aromatic carbocycles. The molecule has 1 heterocycles. The Morgan fingerprint density at radius 2 is 1.89 bits per heavy atom. The van der Waals surface area contributed by atoms with Crippen molar-refractivity contribution in [3.8, 4) is 0 Å². The smallest absolute Gasteiger partial charge is 0.190 e. The summed E-state index contributed by atoms with van der Waals surface area (Å²) in [6, 6.07) is 8.61. The summed E-state index contributed by atoms with van der Waals surface area (Å²) < 4.78 is 0. The van der Waals surface area contributed by atoms with Crippen LogP contribution in [-0.4, -0.2) is 18.6 Å². The summed E-state index contributed by atoms with van der Waals surface area (Å²) in [5.74, 6) is 0. The number of benzene rings is 1. The lowest BCUT2D eigenvalue weighted by Gasteiger charge is -2.20. The highest BCUT2D eigenvalue weighted by atomic mass is 32.1. The molecule has 19 heavy (non-hydrogen) atoms. The summed E-state index contributed by atoms with van der Waals surface area (Å²) >= 11 is 1.77. The molecule has 0 aliphatic rings. The monoisotopic (exact) mass is 275 g/mol. The highest BCUT2D eigenvalue weighted by Crippen LogP contribution is 2.31. The Bertz CT molecular complexity index is 531. The molecule has 0 spiro atoms. The standard InChI is InChI=1S/C15H21N3S/c1-5-18(13-8-6-11(2)7-9-13)15-17-12(3)14(19-15)10-16-4/h6-9,16H,5,10H2,1-4H3. The molecule has 0 atom stereocenters. The first-order valence-corrected chi connectivity index (χ1v) is 7.42. The Balaban J connectivity index is 2.31. The Labute approximate surface area is 119 Å². The van der Waals surface area contributed by atoms with E-state index in [4.69, 9.17) is 4.98 Å². The van der Waals surface area contributed by atoms with Crippen LogP contribution in [0.3, 0.4) is 0 Å². The van der Waals surface area contributed by atoms with Crippen molar-refractivity contribution in [2.24, 2.45) is 0 Å². The van der Waals surface area contributed by atoms with Crippen LogP contribution in [0.15, 0.2) is 24.3 Å². The quantitative estimate of drug-likeness (QED) is 0.903. The van der Waals surface area contributed by atoms with Crippen LogP contribution in [0.5, 0.6) is 0 Å². The second-order valence-corrected chi connectivity index (χ2v) is 5.68. The average Bonchev–Trinajstić information content (AvgIpc) is 2.75. The van der Waals surface area contributed by atoms with Gasteiger partial charge >= 0.3 is 0 Å². The predicted octanol–water partition coefficient (Wildman–Crippen LogP) is 3.64. The van der Waals surface area contributed by atoms with E-state index in [0.717, 1.165) is 23.9 Å². The van der Waals surface area contributed by atoms with E-state index in [1.165, 1.54) is 16.1 Å². The molecule has 0 bridgehead atoms. The summed E-state index contributed by atoms with van der Waals surface area (Å²) in [6.07, 6.45) is 0. The molecule has 1 N–H and O–H groups in total. The fourth-order valence-corrected chi connectivity index (χ4v) is 3.16. The van der Waals surface area contributed by atoms with Gasteiger partial charge < -0.3 is 10.2 Å². The molecule has 102 valence electrons. The largest absolute Gasteiger partial charge is 0.318 e. The lowest BCUT2D eigenvalue weighted by Crippen LogP contribution is -2.15. The van der Waals surface area contributed by atoms with Crippen molar-refractivity contribution in [2.45, 2.75) is 27.3 Å². The molecular weight excluding hydrogens is 254 g/mol. The first kappa shape index (κ1) is 14.0. The molecule has 0 saturated carbocycles. The minimum atomic E-state index is 0.884. The van der Waals surface area contributed by atoms with E-state index in [1.807, 2.05) is 7.05 Å². The van der Waals surface area contributed by atoms with Gasteiger partial charge in [0.25, 0.3) is 0 Å². The Hall–Kier alpha value is -1.39. The third-order valence-corrected chi connectivity index (χ3v) is 4.29. The van der Waals surface area contributed by atoms with Crippen molar-refractivity contribution in [1.29, 1.82) is 0 Å². The minimum Gasteiger partial charge on any atom is -0.318 e. The van der Waals surface area contributed by atoms with Gasteiger partial charge in [0.1, 0.15) is 0 Å². The molecule has 0 saturated heterocycles.